The smallest absolute Gasteiger partial charge is 0.407 e. The van der Waals surface area contributed by atoms with E-state index in [0.29, 0.717) is 5.56 Å². The van der Waals surface area contributed by atoms with E-state index in [1.165, 1.54) is 18.2 Å². The molecule has 1 aromatic carbocycles. The Hall–Kier alpha value is -1.56. The molecule has 0 fully saturated rings. The van der Waals surface area contributed by atoms with Gasteiger partial charge in [0.15, 0.2) is 0 Å². The fraction of sp³-hybridized carbons (Fsp3) is 0.364. The minimum Gasteiger partial charge on any atom is -0.481 e. The fourth-order valence-corrected chi connectivity index (χ4v) is 1.48. The molecule has 6 heteroatoms. The third kappa shape index (κ3) is 3.74. The first-order valence-corrected chi connectivity index (χ1v) is 4.94. The van der Waals surface area contributed by atoms with Gasteiger partial charge in [-0.2, -0.15) is 13.2 Å². The summed E-state index contributed by atoms with van der Waals surface area (Å²) in [4.78, 5) is 10.4. The molecule has 1 unspecified atom stereocenters. The van der Waals surface area contributed by atoms with E-state index >= 15 is 0 Å². The lowest BCUT2D eigenvalue weighted by atomic mass is 9.97. The van der Waals surface area contributed by atoms with Crippen molar-refractivity contribution in [3.8, 4) is 0 Å². The molecular formula is C11H12F3NO2. The average Bonchev–Trinajstić information content (AvgIpc) is 2.24. The van der Waals surface area contributed by atoms with Crippen LogP contribution >= 0.6 is 0 Å². The number of hydrogen-bond acceptors (Lipinski definition) is 2. The molecule has 0 aliphatic heterocycles. The van der Waals surface area contributed by atoms with Gasteiger partial charge in [-0.1, -0.05) is 24.3 Å². The molecule has 0 radical (unpaired) electrons. The third-order valence-electron chi connectivity index (χ3n) is 2.35. The molecule has 0 amide bonds. The number of benzene rings is 1. The molecule has 94 valence electrons. The molecule has 1 aromatic rings. The number of carboxylic acid groups (broad SMARTS) is 1. The first-order valence-electron chi connectivity index (χ1n) is 4.94. The van der Waals surface area contributed by atoms with Gasteiger partial charge in [-0.25, -0.2) is 0 Å². The van der Waals surface area contributed by atoms with Crippen molar-refractivity contribution in [2.24, 2.45) is 5.73 Å². The summed E-state index contributed by atoms with van der Waals surface area (Å²) in [5, 5.41) is 8.51. The topological polar surface area (TPSA) is 63.3 Å². The molecule has 3 nitrogen and oxygen atoms in total. The molecule has 0 bridgehead atoms. The molecule has 3 N–H and O–H groups in total. The van der Waals surface area contributed by atoms with E-state index in [-0.39, 0.29) is 18.4 Å². The summed E-state index contributed by atoms with van der Waals surface area (Å²) in [5.74, 6) is -1.06. The summed E-state index contributed by atoms with van der Waals surface area (Å²) in [6, 6.07) is 3.67. The van der Waals surface area contributed by atoms with Crippen LogP contribution in [0.2, 0.25) is 0 Å². The van der Waals surface area contributed by atoms with Crippen LogP contribution in [-0.2, 0) is 11.2 Å². The molecule has 0 heterocycles. The Bertz CT molecular complexity index is 404. The van der Waals surface area contributed by atoms with Crippen molar-refractivity contribution in [1.29, 1.82) is 0 Å². The zero-order valence-electron chi connectivity index (χ0n) is 8.87. The van der Waals surface area contributed by atoms with Crippen LogP contribution in [0.1, 0.15) is 23.6 Å². The van der Waals surface area contributed by atoms with E-state index in [1.54, 1.807) is 6.07 Å². The fourth-order valence-electron chi connectivity index (χ4n) is 1.48. The molecule has 0 aliphatic rings. The number of carbonyl (C=O) groups is 1. The number of aryl methyl sites for hydroxylation is 1. The summed E-state index contributed by atoms with van der Waals surface area (Å²) in [7, 11) is 0. The van der Waals surface area contributed by atoms with Gasteiger partial charge in [-0.15, -0.1) is 0 Å². The Morgan fingerprint density at radius 2 is 1.94 bits per heavy atom. The van der Waals surface area contributed by atoms with Crippen LogP contribution in [0.5, 0.6) is 0 Å². The predicted molar refractivity (Wildman–Crippen MR) is 55.4 cm³/mol. The number of halogens is 3. The minimum atomic E-state index is -4.53. The van der Waals surface area contributed by atoms with E-state index in [2.05, 4.69) is 0 Å². The van der Waals surface area contributed by atoms with Gasteiger partial charge in [0.25, 0.3) is 0 Å². The highest BCUT2D eigenvalue weighted by molar-refractivity contribution is 5.67. The van der Waals surface area contributed by atoms with Gasteiger partial charge in [0.05, 0.1) is 0 Å². The summed E-state index contributed by atoms with van der Waals surface area (Å²) in [5.41, 5.74) is 5.36. The minimum absolute atomic E-state index is 0.0370. The van der Waals surface area contributed by atoms with E-state index in [1.807, 2.05) is 0 Å². The maximum Gasteiger partial charge on any atom is 0.407 e. The van der Waals surface area contributed by atoms with Gasteiger partial charge in [0.1, 0.15) is 6.04 Å². The van der Waals surface area contributed by atoms with E-state index in [0.717, 1.165) is 0 Å². The third-order valence-corrected chi connectivity index (χ3v) is 2.35. The summed E-state index contributed by atoms with van der Waals surface area (Å²) < 4.78 is 37.4. The zero-order valence-corrected chi connectivity index (χ0v) is 8.87. The maximum absolute atomic E-state index is 12.5. The number of hydrogen-bond donors (Lipinski definition) is 2. The van der Waals surface area contributed by atoms with Crippen molar-refractivity contribution < 1.29 is 23.1 Å². The molecule has 1 atom stereocenters. The summed E-state index contributed by atoms with van der Waals surface area (Å²) >= 11 is 0. The summed E-state index contributed by atoms with van der Waals surface area (Å²) in [6.45, 7) is 0. The van der Waals surface area contributed by atoms with Crippen LogP contribution in [-0.4, -0.2) is 17.3 Å². The van der Waals surface area contributed by atoms with E-state index in [9.17, 15) is 18.0 Å². The van der Waals surface area contributed by atoms with Crippen LogP contribution in [0.3, 0.4) is 0 Å². The van der Waals surface area contributed by atoms with Gasteiger partial charge in [-0.05, 0) is 17.5 Å². The van der Waals surface area contributed by atoms with E-state index in [4.69, 9.17) is 10.8 Å². The van der Waals surface area contributed by atoms with Gasteiger partial charge >= 0.3 is 12.1 Å². The molecule has 0 spiro atoms. The highest BCUT2D eigenvalue weighted by atomic mass is 19.4. The lowest BCUT2D eigenvalue weighted by Gasteiger charge is -2.18. The molecule has 17 heavy (non-hydrogen) atoms. The lowest BCUT2D eigenvalue weighted by molar-refractivity contribution is -0.149. The van der Waals surface area contributed by atoms with Crippen LogP contribution in [0.4, 0.5) is 13.2 Å². The quantitative estimate of drug-likeness (QED) is 0.857. The number of rotatable bonds is 4. The van der Waals surface area contributed by atoms with Gasteiger partial charge in [-0.3, -0.25) is 4.79 Å². The molecule has 1 rings (SSSR count). The number of carboxylic acids is 1. The lowest BCUT2D eigenvalue weighted by Crippen LogP contribution is -2.29. The highest BCUT2D eigenvalue weighted by Gasteiger charge is 2.38. The van der Waals surface area contributed by atoms with E-state index < -0.39 is 18.2 Å². The van der Waals surface area contributed by atoms with Crippen molar-refractivity contribution in [3.63, 3.8) is 0 Å². The first-order chi connectivity index (χ1) is 7.82. The molecule has 0 saturated heterocycles. The zero-order chi connectivity index (χ0) is 13.1. The number of alkyl halides is 3. The molecule has 0 saturated carbocycles. The Labute approximate surface area is 96.0 Å². The second-order valence-electron chi connectivity index (χ2n) is 3.61. The van der Waals surface area contributed by atoms with Crippen LogP contribution < -0.4 is 5.73 Å². The Morgan fingerprint density at radius 1 is 1.35 bits per heavy atom. The van der Waals surface area contributed by atoms with Crippen LogP contribution in [0, 0.1) is 0 Å². The first kappa shape index (κ1) is 13.5. The molecular weight excluding hydrogens is 235 g/mol. The summed E-state index contributed by atoms with van der Waals surface area (Å²) in [6.07, 6.45) is -4.71. The average molecular weight is 247 g/mol. The Balaban J connectivity index is 2.95. The van der Waals surface area contributed by atoms with Crippen molar-refractivity contribution in [2.75, 3.05) is 0 Å². The van der Waals surface area contributed by atoms with Crippen molar-refractivity contribution in [3.05, 3.63) is 35.4 Å². The predicted octanol–water partition coefficient (Wildman–Crippen LogP) is 2.27. The van der Waals surface area contributed by atoms with Gasteiger partial charge < -0.3 is 10.8 Å². The number of aliphatic carboxylic acids is 1. The van der Waals surface area contributed by atoms with Gasteiger partial charge in [0, 0.05) is 6.42 Å². The SMILES string of the molecule is NC(c1ccccc1CCC(=O)O)C(F)(F)F. The highest BCUT2D eigenvalue weighted by Crippen LogP contribution is 2.32. The monoisotopic (exact) mass is 247 g/mol. The van der Waals surface area contributed by atoms with Crippen molar-refractivity contribution in [2.45, 2.75) is 25.1 Å². The van der Waals surface area contributed by atoms with Gasteiger partial charge in [0.2, 0.25) is 0 Å². The Kier molecular flexibility index (Phi) is 4.11. The van der Waals surface area contributed by atoms with Crippen LogP contribution in [0.15, 0.2) is 24.3 Å². The second kappa shape index (κ2) is 5.18. The molecule has 0 aromatic heterocycles. The normalized spacial score (nSPS) is 13.4. The maximum atomic E-state index is 12.5. The standard InChI is InChI=1S/C11H12F3NO2/c12-11(13,14)10(15)8-4-2-1-3-7(8)5-6-9(16)17/h1-4,10H,5-6,15H2,(H,16,17). The largest absolute Gasteiger partial charge is 0.481 e. The Morgan fingerprint density at radius 3 is 2.47 bits per heavy atom. The van der Waals surface area contributed by atoms with Crippen molar-refractivity contribution >= 4 is 5.97 Å². The second-order valence-corrected chi connectivity index (χ2v) is 3.61. The number of nitrogens with two attached hydrogens (primary N) is 1. The van der Waals surface area contributed by atoms with Crippen LogP contribution in [0.25, 0.3) is 0 Å². The van der Waals surface area contributed by atoms with Crippen molar-refractivity contribution in [1.82, 2.24) is 0 Å². The molecule has 0 aliphatic carbocycles.